The maximum absolute atomic E-state index is 11.4. The molecule has 16 heavy (non-hydrogen) atoms. The van der Waals surface area contributed by atoms with Gasteiger partial charge in [-0.15, -0.1) is 10.2 Å². The van der Waals surface area contributed by atoms with Crippen LogP contribution in [0.15, 0.2) is 0 Å². The van der Waals surface area contributed by atoms with Crippen LogP contribution in [-0.4, -0.2) is 40.1 Å². The van der Waals surface area contributed by atoms with Crippen molar-refractivity contribution in [2.45, 2.75) is 12.8 Å². The number of aryl methyl sites for hydroxylation is 1. The van der Waals surface area contributed by atoms with Crippen LogP contribution in [-0.2, 0) is 23.3 Å². The Morgan fingerprint density at radius 2 is 2.38 bits per heavy atom. The molecule has 1 fully saturated rings. The van der Waals surface area contributed by atoms with Crippen LogP contribution in [0.5, 0.6) is 0 Å². The Bertz CT molecular complexity index is 543. The third-order valence-corrected chi connectivity index (χ3v) is 4.49. The molecule has 1 atom stereocenters. The first-order valence-corrected chi connectivity index (χ1v) is 6.61. The molecule has 1 aromatic rings. The number of nitriles is 1. The first kappa shape index (κ1) is 11.0. The van der Waals surface area contributed by atoms with E-state index in [1.54, 1.807) is 7.05 Å². The van der Waals surface area contributed by atoms with Gasteiger partial charge in [0.1, 0.15) is 0 Å². The molecule has 8 heteroatoms. The molecule has 86 valence electrons. The van der Waals surface area contributed by atoms with Crippen molar-refractivity contribution in [1.29, 1.82) is 5.26 Å². The molecule has 0 saturated carbocycles. The highest BCUT2D eigenvalue weighted by atomic mass is 32.2. The smallest absolute Gasteiger partial charge is 0.176 e. The lowest BCUT2D eigenvalue weighted by Crippen LogP contribution is -2.24. The molecule has 2 rings (SSSR count). The zero-order valence-electron chi connectivity index (χ0n) is 8.79. The molecule has 0 N–H and O–H groups in total. The van der Waals surface area contributed by atoms with Crippen molar-refractivity contribution >= 4 is 9.84 Å². The number of nitrogens with zero attached hydrogens (tertiary/aromatic N) is 5. The minimum Gasteiger partial charge on any atom is -0.229 e. The lowest BCUT2D eigenvalue weighted by atomic mass is 9.85. The Morgan fingerprint density at radius 3 is 2.81 bits per heavy atom. The lowest BCUT2D eigenvalue weighted by molar-refractivity contribution is 0.438. The van der Waals surface area contributed by atoms with Crippen molar-refractivity contribution in [3.05, 3.63) is 5.82 Å². The van der Waals surface area contributed by atoms with Crippen LogP contribution in [0.3, 0.4) is 0 Å². The highest BCUT2D eigenvalue weighted by Crippen LogP contribution is 2.34. The molecule has 0 aromatic carbocycles. The van der Waals surface area contributed by atoms with Crippen LogP contribution in [0.25, 0.3) is 0 Å². The summed E-state index contributed by atoms with van der Waals surface area (Å²) >= 11 is 0. The Balaban J connectivity index is 2.22. The monoisotopic (exact) mass is 241 g/mol. The SMILES string of the molecule is Cn1nnc(CC2(C#N)CCS(=O)(=O)C2)n1. The van der Waals surface area contributed by atoms with E-state index in [0.717, 1.165) is 0 Å². The van der Waals surface area contributed by atoms with Crippen molar-refractivity contribution in [1.82, 2.24) is 20.2 Å². The zero-order chi connectivity index (χ0) is 11.8. The van der Waals surface area contributed by atoms with Gasteiger partial charge in [0, 0.05) is 6.42 Å². The predicted molar refractivity (Wildman–Crippen MR) is 53.8 cm³/mol. The summed E-state index contributed by atoms with van der Waals surface area (Å²) in [5, 5.41) is 20.5. The second-order valence-corrected chi connectivity index (χ2v) is 6.29. The molecule has 7 nitrogen and oxygen atoms in total. The first-order valence-electron chi connectivity index (χ1n) is 4.79. The van der Waals surface area contributed by atoms with E-state index in [1.807, 2.05) is 0 Å². The number of rotatable bonds is 2. The molecule has 1 unspecified atom stereocenters. The summed E-state index contributed by atoms with van der Waals surface area (Å²) in [5.41, 5.74) is -0.873. The van der Waals surface area contributed by atoms with E-state index < -0.39 is 15.3 Å². The van der Waals surface area contributed by atoms with Gasteiger partial charge in [0.05, 0.1) is 30.0 Å². The van der Waals surface area contributed by atoms with Crippen LogP contribution in [0.2, 0.25) is 0 Å². The summed E-state index contributed by atoms with van der Waals surface area (Å²) in [4.78, 5) is 1.30. The fourth-order valence-electron chi connectivity index (χ4n) is 1.88. The lowest BCUT2D eigenvalue weighted by Gasteiger charge is -2.15. The van der Waals surface area contributed by atoms with E-state index in [9.17, 15) is 8.42 Å². The molecule has 0 aliphatic carbocycles. The first-order chi connectivity index (χ1) is 7.45. The predicted octanol–water partition coefficient (Wildman–Crippen LogP) is -0.919. The van der Waals surface area contributed by atoms with Crippen LogP contribution < -0.4 is 0 Å². The van der Waals surface area contributed by atoms with Crippen molar-refractivity contribution in [3.8, 4) is 6.07 Å². The molecule has 0 radical (unpaired) electrons. The van der Waals surface area contributed by atoms with Crippen LogP contribution in [0, 0.1) is 16.7 Å². The average molecular weight is 241 g/mol. The maximum atomic E-state index is 11.4. The molecule has 0 amide bonds. The second kappa shape index (κ2) is 3.52. The van der Waals surface area contributed by atoms with Gasteiger partial charge in [-0.25, -0.2) is 8.42 Å². The summed E-state index contributed by atoms with van der Waals surface area (Å²) < 4.78 is 22.8. The molecule has 0 bridgehead atoms. The molecular weight excluding hydrogens is 230 g/mol. The van der Waals surface area contributed by atoms with Crippen LogP contribution in [0.4, 0.5) is 0 Å². The third kappa shape index (κ3) is 2.04. The molecule has 1 aliphatic rings. The van der Waals surface area contributed by atoms with E-state index in [1.165, 1.54) is 4.80 Å². The van der Waals surface area contributed by atoms with E-state index in [-0.39, 0.29) is 17.9 Å². The molecule has 2 heterocycles. The fourth-order valence-corrected chi connectivity index (χ4v) is 3.88. The Hall–Kier alpha value is -1.49. The third-order valence-electron chi connectivity index (χ3n) is 2.67. The molecule has 0 spiro atoms. The number of tetrazole rings is 1. The Labute approximate surface area is 93.0 Å². The number of hydrogen-bond acceptors (Lipinski definition) is 6. The van der Waals surface area contributed by atoms with Gasteiger partial charge in [-0.05, 0) is 11.6 Å². The second-order valence-electron chi connectivity index (χ2n) is 4.11. The van der Waals surface area contributed by atoms with Crippen molar-refractivity contribution in [2.75, 3.05) is 11.5 Å². The highest BCUT2D eigenvalue weighted by Gasteiger charge is 2.43. The fraction of sp³-hybridized carbons (Fsp3) is 0.750. The largest absolute Gasteiger partial charge is 0.229 e. The number of hydrogen-bond donors (Lipinski definition) is 0. The molecule has 1 aliphatic heterocycles. The van der Waals surface area contributed by atoms with Gasteiger partial charge in [-0.1, -0.05) is 0 Å². The van der Waals surface area contributed by atoms with Gasteiger partial charge in [-0.3, -0.25) is 0 Å². The summed E-state index contributed by atoms with van der Waals surface area (Å²) in [6, 6.07) is 2.09. The van der Waals surface area contributed by atoms with E-state index in [2.05, 4.69) is 21.5 Å². The number of sulfone groups is 1. The van der Waals surface area contributed by atoms with Gasteiger partial charge < -0.3 is 0 Å². The Kier molecular flexibility index (Phi) is 2.42. The van der Waals surface area contributed by atoms with E-state index >= 15 is 0 Å². The summed E-state index contributed by atoms with van der Waals surface area (Å²) in [6.45, 7) is 0. The normalized spacial score (nSPS) is 27.8. The van der Waals surface area contributed by atoms with Gasteiger partial charge in [-0.2, -0.15) is 10.1 Å². The number of aromatic nitrogens is 4. The highest BCUT2D eigenvalue weighted by molar-refractivity contribution is 7.91. The van der Waals surface area contributed by atoms with Crippen LogP contribution in [0.1, 0.15) is 12.2 Å². The molecule has 1 saturated heterocycles. The summed E-state index contributed by atoms with van der Waals surface area (Å²) in [6.07, 6.45) is 0.598. The van der Waals surface area contributed by atoms with Crippen LogP contribution >= 0.6 is 0 Å². The van der Waals surface area contributed by atoms with E-state index in [4.69, 9.17) is 5.26 Å². The van der Waals surface area contributed by atoms with Crippen molar-refractivity contribution in [3.63, 3.8) is 0 Å². The summed E-state index contributed by atoms with van der Waals surface area (Å²) in [7, 11) is -1.46. The van der Waals surface area contributed by atoms with Crippen molar-refractivity contribution < 1.29 is 8.42 Å². The zero-order valence-corrected chi connectivity index (χ0v) is 9.61. The topological polar surface area (TPSA) is 102 Å². The maximum Gasteiger partial charge on any atom is 0.176 e. The Morgan fingerprint density at radius 1 is 1.62 bits per heavy atom. The van der Waals surface area contributed by atoms with E-state index in [0.29, 0.717) is 12.2 Å². The standard InChI is InChI=1S/C8H11N5O2S/c1-13-11-7(10-12-13)4-8(5-9)2-3-16(14,15)6-8/h2-4,6H2,1H3. The quantitative estimate of drug-likeness (QED) is 0.663. The average Bonchev–Trinajstić information content (AvgIpc) is 2.72. The van der Waals surface area contributed by atoms with Gasteiger partial charge in [0.25, 0.3) is 0 Å². The minimum absolute atomic E-state index is 0.0703. The van der Waals surface area contributed by atoms with Gasteiger partial charge >= 0.3 is 0 Å². The van der Waals surface area contributed by atoms with Gasteiger partial charge in [0.2, 0.25) is 0 Å². The summed E-state index contributed by atoms with van der Waals surface area (Å²) in [5.74, 6) is 0.386. The van der Waals surface area contributed by atoms with Gasteiger partial charge in [0.15, 0.2) is 15.7 Å². The molecular formula is C8H11N5O2S. The minimum atomic E-state index is -3.08. The molecule has 1 aromatic heterocycles. The van der Waals surface area contributed by atoms with Crippen molar-refractivity contribution in [2.24, 2.45) is 12.5 Å².